The van der Waals surface area contributed by atoms with E-state index in [0.717, 1.165) is 63.8 Å². The van der Waals surface area contributed by atoms with Gasteiger partial charge in [0.1, 0.15) is 17.8 Å². The first-order valence-electron chi connectivity index (χ1n) is 14.0. The van der Waals surface area contributed by atoms with Crippen LogP contribution in [0, 0.1) is 17.8 Å². The third kappa shape index (κ3) is 7.57. The molecule has 2 aliphatic heterocycles. The molecule has 8 heteroatoms. The summed E-state index contributed by atoms with van der Waals surface area (Å²) in [5.41, 5.74) is 1.24. The van der Waals surface area contributed by atoms with Gasteiger partial charge in [0.15, 0.2) is 0 Å². The zero-order valence-electron chi connectivity index (χ0n) is 23.8. The number of benzene rings is 1. The van der Waals surface area contributed by atoms with E-state index in [0.29, 0.717) is 18.7 Å². The second-order valence-electron chi connectivity index (χ2n) is 10.7. The number of amides is 2. The Balaban J connectivity index is 1.64. The lowest BCUT2D eigenvalue weighted by Crippen LogP contribution is -2.74. The Morgan fingerprint density at radius 3 is 2.50 bits per heavy atom. The van der Waals surface area contributed by atoms with Crippen molar-refractivity contribution >= 4 is 11.8 Å². The van der Waals surface area contributed by atoms with Crippen LogP contribution in [-0.4, -0.2) is 86.4 Å². The van der Waals surface area contributed by atoms with Gasteiger partial charge in [0.25, 0.3) is 5.91 Å². The number of nitrogens with one attached hydrogen (secondary N) is 2. The van der Waals surface area contributed by atoms with E-state index in [1.165, 1.54) is 0 Å². The molecule has 0 radical (unpaired) electrons. The van der Waals surface area contributed by atoms with E-state index < -0.39 is 5.54 Å². The molecule has 1 aromatic rings. The van der Waals surface area contributed by atoms with Gasteiger partial charge in [0, 0.05) is 65.0 Å². The first-order chi connectivity index (χ1) is 18.3. The lowest BCUT2D eigenvalue weighted by atomic mass is 9.81. The van der Waals surface area contributed by atoms with Gasteiger partial charge >= 0.3 is 0 Å². The van der Waals surface area contributed by atoms with Crippen LogP contribution < -0.4 is 10.6 Å². The van der Waals surface area contributed by atoms with E-state index in [1.54, 1.807) is 14.2 Å². The standard InChI is InChI=1S/C30H46N4O4/c1-6-7-18-34-28(38-5)26(14-9-23(2)3)32-29(36)30(34)15-19-33(20-16-30)22-24-10-12-25(13-11-24)27(35)31-17-8-21-37-4/h10-13,23,26,28H,6-8,15-22H2,1-5H3,(H,31,35)(H,32,36). The minimum Gasteiger partial charge on any atom is -0.385 e. The van der Waals surface area contributed by atoms with Crippen molar-refractivity contribution in [3.63, 3.8) is 0 Å². The molecule has 2 N–H and O–H groups in total. The van der Waals surface area contributed by atoms with Gasteiger partial charge in [-0.15, -0.1) is 0 Å². The molecule has 3 rings (SSSR count). The van der Waals surface area contributed by atoms with Gasteiger partial charge in [0.05, 0.1) is 0 Å². The van der Waals surface area contributed by atoms with Crippen LogP contribution in [0.4, 0.5) is 0 Å². The normalized spacial score (nSPS) is 21.7. The number of piperidine rings is 1. The molecule has 2 fully saturated rings. The maximum Gasteiger partial charge on any atom is 0.251 e. The van der Waals surface area contributed by atoms with Crippen LogP contribution in [0.25, 0.3) is 0 Å². The topological polar surface area (TPSA) is 83.1 Å². The number of hydrogen-bond donors (Lipinski definition) is 2. The number of piperazine rings is 1. The first-order valence-corrected chi connectivity index (χ1v) is 14.0. The van der Waals surface area contributed by atoms with E-state index in [1.807, 2.05) is 24.3 Å². The molecule has 0 aliphatic carbocycles. The fraction of sp³-hybridized carbons (Fsp3) is 0.667. The van der Waals surface area contributed by atoms with E-state index >= 15 is 0 Å². The number of likely N-dealkylation sites (tertiary alicyclic amines) is 1. The van der Waals surface area contributed by atoms with Crippen molar-refractivity contribution in [1.29, 1.82) is 0 Å². The molecule has 210 valence electrons. The Bertz CT molecular complexity index is 961. The number of carbonyl (C=O) groups excluding carboxylic acids is 2. The van der Waals surface area contributed by atoms with Crippen LogP contribution >= 0.6 is 0 Å². The van der Waals surface area contributed by atoms with Crippen LogP contribution in [0.2, 0.25) is 0 Å². The molecule has 2 aliphatic rings. The number of nitrogens with zero attached hydrogens (tertiary/aromatic N) is 2. The van der Waals surface area contributed by atoms with Crippen molar-refractivity contribution < 1.29 is 19.1 Å². The fourth-order valence-corrected chi connectivity index (χ4v) is 5.33. The quantitative estimate of drug-likeness (QED) is 0.341. The summed E-state index contributed by atoms with van der Waals surface area (Å²) >= 11 is 0. The second kappa shape index (κ2) is 14.6. The number of methoxy groups -OCH3 is 2. The fourth-order valence-electron chi connectivity index (χ4n) is 5.33. The Morgan fingerprint density at radius 1 is 1.18 bits per heavy atom. The molecule has 1 aromatic carbocycles. The predicted molar refractivity (Wildman–Crippen MR) is 149 cm³/mol. The molecular formula is C30H46N4O4. The third-order valence-electron chi connectivity index (χ3n) is 7.49. The zero-order valence-corrected chi connectivity index (χ0v) is 23.8. The lowest BCUT2D eigenvalue weighted by Gasteiger charge is -2.54. The van der Waals surface area contributed by atoms with Crippen molar-refractivity contribution in [1.82, 2.24) is 20.4 Å². The summed E-state index contributed by atoms with van der Waals surface area (Å²) in [4.78, 5) is 30.6. The van der Waals surface area contributed by atoms with Crippen LogP contribution in [0.5, 0.6) is 0 Å². The Labute approximate surface area is 228 Å². The largest absolute Gasteiger partial charge is 0.385 e. The highest BCUT2D eigenvalue weighted by atomic mass is 16.5. The molecule has 2 atom stereocenters. The van der Waals surface area contributed by atoms with Crippen molar-refractivity contribution in [3.8, 4) is 11.8 Å². The first kappa shape index (κ1) is 30.1. The number of ether oxygens (including phenoxy) is 2. The molecule has 2 unspecified atom stereocenters. The Kier molecular flexibility index (Phi) is 11.6. The van der Waals surface area contributed by atoms with E-state index in [2.05, 4.69) is 53.0 Å². The summed E-state index contributed by atoms with van der Waals surface area (Å²) in [6.45, 7) is 10.8. The summed E-state index contributed by atoms with van der Waals surface area (Å²) in [6.07, 6.45) is 4.09. The lowest BCUT2D eigenvalue weighted by molar-refractivity contribution is -0.171. The molecule has 38 heavy (non-hydrogen) atoms. The summed E-state index contributed by atoms with van der Waals surface area (Å²) in [5, 5.41) is 6.12. The average molecular weight is 527 g/mol. The number of unbranched alkanes of at least 4 members (excludes halogenated alkanes) is 1. The molecule has 2 saturated heterocycles. The van der Waals surface area contributed by atoms with Crippen molar-refractivity contribution in [3.05, 3.63) is 35.4 Å². The summed E-state index contributed by atoms with van der Waals surface area (Å²) < 4.78 is 11.0. The molecular weight excluding hydrogens is 480 g/mol. The van der Waals surface area contributed by atoms with Crippen molar-refractivity contribution in [2.45, 2.75) is 77.2 Å². The van der Waals surface area contributed by atoms with E-state index in [-0.39, 0.29) is 30.0 Å². The molecule has 2 heterocycles. The molecule has 0 aromatic heterocycles. The summed E-state index contributed by atoms with van der Waals surface area (Å²) in [6, 6.07) is 7.48. The van der Waals surface area contributed by atoms with E-state index in [4.69, 9.17) is 9.47 Å². The molecule has 8 nitrogen and oxygen atoms in total. The second-order valence-corrected chi connectivity index (χ2v) is 10.7. The van der Waals surface area contributed by atoms with Crippen LogP contribution in [0.15, 0.2) is 24.3 Å². The number of hydrogen-bond acceptors (Lipinski definition) is 6. The zero-order chi connectivity index (χ0) is 27.5. The molecule has 0 saturated carbocycles. The van der Waals surface area contributed by atoms with E-state index in [9.17, 15) is 9.59 Å². The highest BCUT2D eigenvalue weighted by Gasteiger charge is 2.53. The Morgan fingerprint density at radius 2 is 1.89 bits per heavy atom. The number of rotatable bonds is 11. The summed E-state index contributed by atoms with van der Waals surface area (Å²) in [7, 11) is 3.38. The van der Waals surface area contributed by atoms with Crippen LogP contribution in [-0.2, 0) is 20.8 Å². The average Bonchev–Trinajstić information content (AvgIpc) is 2.92. The third-order valence-corrected chi connectivity index (χ3v) is 7.49. The maximum absolute atomic E-state index is 13.6. The maximum atomic E-state index is 13.6. The van der Waals surface area contributed by atoms with Gasteiger partial charge in [-0.1, -0.05) is 51.2 Å². The van der Waals surface area contributed by atoms with Gasteiger partial charge in [-0.2, -0.15) is 0 Å². The van der Waals surface area contributed by atoms with Crippen LogP contribution in [0.3, 0.4) is 0 Å². The molecule has 1 spiro atoms. The van der Waals surface area contributed by atoms with Crippen molar-refractivity contribution in [2.75, 3.05) is 47.0 Å². The van der Waals surface area contributed by atoms with Crippen molar-refractivity contribution in [2.24, 2.45) is 5.92 Å². The molecule has 2 amide bonds. The van der Waals surface area contributed by atoms with Gasteiger partial charge in [-0.3, -0.25) is 19.4 Å². The minimum atomic E-state index is -0.576. The monoisotopic (exact) mass is 526 g/mol. The molecule has 0 bridgehead atoms. The van der Waals surface area contributed by atoms with Gasteiger partial charge in [-0.05, 0) is 43.4 Å². The predicted octanol–water partition coefficient (Wildman–Crippen LogP) is 3.02. The summed E-state index contributed by atoms with van der Waals surface area (Å²) in [5.74, 6) is 6.72. The van der Waals surface area contributed by atoms with Gasteiger partial charge < -0.3 is 20.1 Å². The van der Waals surface area contributed by atoms with Gasteiger partial charge in [0.2, 0.25) is 5.91 Å². The highest BCUT2D eigenvalue weighted by molar-refractivity contribution is 5.94. The number of carbonyl (C=O) groups is 2. The smallest absolute Gasteiger partial charge is 0.251 e. The Hall–Kier alpha value is -2.44. The SMILES string of the molecule is CCCCN1C(OC)C(C#CC(C)C)NC(=O)C12CCN(Cc1ccc(C(=O)NCCCOC)cc1)CC2. The van der Waals surface area contributed by atoms with Gasteiger partial charge in [-0.25, -0.2) is 0 Å². The minimum absolute atomic E-state index is 0.0628. The van der Waals surface area contributed by atoms with Crippen LogP contribution in [0.1, 0.15) is 68.8 Å². The highest BCUT2D eigenvalue weighted by Crippen LogP contribution is 2.36.